The van der Waals surface area contributed by atoms with Gasteiger partial charge in [-0.2, -0.15) is 0 Å². The van der Waals surface area contributed by atoms with Crippen molar-refractivity contribution in [1.82, 2.24) is 0 Å². The zero-order valence-corrected chi connectivity index (χ0v) is 17.7. The molecule has 2 aliphatic rings. The highest BCUT2D eigenvalue weighted by Crippen LogP contribution is 2.44. The van der Waals surface area contributed by atoms with Crippen molar-refractivity contribution in [3.8, 4) is 0 Å². The molecule has 0 aromatic heterocycles. The summed E-state index contributed by atoms with van der Waals surface area (Å²) in [6.45, 7) is 7.70. The second-order valence-corrected chi connectivity index (χ2v) is 10.0. The molecule has 1 aromatic carbocycles. The number of rotatable bonds is 4. The number of hydrogen-bond donors (Lipinski definition) is 1. The topological polar surface area (TPSA) is 71.4 Å². The third kappa shape index (κ3) is 4.75. The zero-order chi connectivity index (χ0) is 21.4. The van der Waals surface area contributed by atoms with Gasteiger partial charge < -0.3 is 5.11 Å². The SMILES string of the molecule is CC1(C)CC(=O)C(C(/C=C/c2ccccc2)C2=C(O)CC(C)(C)CC2=O)C(=O)C1. The monoisotopic (exact) mass is 394 g/mol. The standard InChI is InChI=1S/C25H30O4/c1-24(2)12-18(26)22(19(27)13-24)17(11-10-16-8-6-5-7-9-16)23-20(28)14-25(3,4)15-21(23)29/h5-11,17,22,28H,12-15H2,1-4H3/b11-10+. The molecule has 0 amide bonds. The summed E-state index contributed by atoms with van der Waals surface area (Å²) in [5, 5.41) is 10.8. The van der Waals surface area contributed by atoms with Crippen LogP contribution >= 0.6 is 0 Å². The number of allylic oxidation sites excluding steroid dienone is 3. The fourth-order valence-electron chi connectivity index (χ4n) is 4.64. The maximum Gasteiger partial charge on any atom is 0.163 e. The Bertz CT molecular complexity index is 867. The molecule has 1 unspecified atom stereocenters. The Hall–Kier alpha value is -2.49. The quantitative estimate of drug-likeness (QED) is 0.722. The van der Waals surface area contributed by atoms with E-state index >= 15 is 0 Å². The molecule has 1 fully saturated rings. The molecule has 29 heavy (non-hydrogen) atoms. The fourth-order valence-corrected chi connectivity index (χ4v) is 4.64. The van der Waals surface area contributed by atoms with Crippen LogP contribution in [0.2, 0.25) is 0 Å². The van der Waals surface area contributed by atoms with E-state index in [-0.39, 0.29) is 39.5 Å². The lowest BCUT2D eigenvalue weighted by Crippen LogP contribution is -2.43. The Balaban J connectivity index is 2.05. The first-order chi connectivity index (χ1) is 13.5. The van der Waals surface area contributed by atoms with Gasteiger partial charge in [-0.3, -0.25) is 14.4 Å². The lowest BCUT2D eigenvalue weighted by atomic mass is 9.64. The van der Waals surface area contributed by atoms with Crippen LogP contribution in [0.4, 0.5) is 0 Å². The van der Waals surface area contributed by atoms with E-state index in [9.17, 15) is 19.5 Å². The van der Waals surface area contributed by atoms with Crippen LogP contribution in [0.25, 0.3) is 6.08 Å². The molecule has 2 aliphatic carbocycles. The average Bonchev–Trinajstić information content (AvgIpc) is 2.56. The smallest absolute Gasteiger partial charge is 0.163 e. The molecule has 0 bridgehead atoms. The Kier molecular flexibility index (Phi) is 5.66. The van der Waals surface area contributed by atoms with E-state index in [0.29, 0.717) is 25.7 Å². The van der Waals surface area contributed by atoms with Crippen LogP contribution in [0.5, 0.6) is 0 Å². The van der Waals surface area contributed by atoms with Crippen LogP contribution in [0, 0.1) is 22.7 Å². The Labute approximate surface area is 172 Å². The Morgan fingerprint density at radius 2 is 1.45 bits per heavy atom. The third-order valence-electron chi connectivity index (χ3n) is 5.88. The number of benzene rings is 1. The minimum absolute atomic E-state index is 0.0133. The van der Waals surface area contributed by atoms with Crippen molar-refractivity contribution in [1.29, 1.82) is 0 Å². The van der Waals surface area contributed by atoms with E-state index in [2.05, 4.69) is 0 Å². The van der Waals surface area contributed by atoms with Gasteiger partial charge in [-0.05, 0) is 16.4 Å². The van der Waals surface area contributed by atoms with E-state index < -0.39 is 11.8 Å². The number of ketones is 3. The molecule has 1 aromatic rings. The molecule has 4 heteroatoms. The second-order valence-electron chi connectivity index (χ2n) is 10.0. The van der Waals surface area contributed by atoms with Gasteiger partial charge >= 0.3 is 0 Å². The minimum atomic E-state index is -0.912. The van der Waals surface area contributed by atoms with E-state index in [4.69, 9.17) is 0 Å². The van der Waals surface area contributed by atoms with E-state index in [1.807, 2.05) is 64.1 Å². The van der Waals surface area contributed by atoms with Crippen molar-refractivity contribution < 1.29 is 19.5 Å². The number of hydrogen-bond acceptors (Lipinski definition) is 4. The third-order valence-corrected chi connectivity index (χ3v) is 5.88. The summed E-state index contributed by atoms with van der Waals surface area (Å²) in [6, 6.07) is 9.55. The summed E-state index contributed by atoms with van der Waals surface area (Å²) in [7, 11) is 0. The summed E-state index contributed by atoms with van der Waals surface area (Å²) in [5.41, 5.74) is 0.453. The lowest BCUT2D eigenvalue weighted by molar-refractivity contribution is -0.140. The molecular formula is C25H30O4. The molecule has 0 aliphatic heterocycles. The van der Waals surface area contributed by atoms with Crippen LogP contribution in [0.15, 0.2) is 47.7 Å². The van der Waals surface area contributed by atoms with Gasteiger partial charge in [-0.1, -0.05) is 70.2 Å². The van der Waals surface area contributed by atoms with E-state index in [1.165, 1.54) is 0 Å². The van der Waals surface area contributed by atoms with E-state index in [1.54, 1.807) is 6.08 Å². The number of aliphatic hydroxyl groups excluding tert-OH is 1. The van der Waals surface area contributed by atoms with Gasteiger partial charge in [-0.25, -0.2) is 0 Å². The number of carbonyl (C=O) groups is 3. The van der Waals surface area contributed by atoms with Crippen LogP contribution < -0.4 is 0 Å². The fraction of sp³-hybridized carbons (Fsp3) is 0.480. The van der Waals surface area contributed by atoms with Crippen molar-refractivity contribution in [2.75, 3.05) is 0 Å². The van der Waals surface area contributed by atoms with Gasteiger partial charge in [0.15, 0.2) is 5.78 Å². The normalized spacial score (nSPS) is 23.7. The minimum Gasteiger partial charge on any atom is -0.512 e. The molecule has 1 saturated carbocycles. The molecule has 4 nitrogen and oxygen atoms in total. The molecule has 154 valence electrons. The Morgan fingerprint density at radius 3 is 2.00 bits per heavy atom. The van der Waals surface area contributed by atoms with Gasteiger partial charge in [0.2, 0.25) is 0 Å². The van der Waals surface area contributed by atoms with Crippen molar-refractivity contribution in [2.24, 2.45) is 22.7 Å². The largest absolute Gasteiger partial charge is 0.512 e. The van der Waals surface area contributed by atoms with Crippen molar-refractivity contribution >= 4 is 23.4 Å². The van der Waals surface area contributed by atoms with E-state index in [0.717, 1.165) is 5.56 Å². The van der Waals surface area contributed by atoms with Gasteiger partial charge in [-0.15, -0.1) is 0 Å². The molecule has 0 radical (unpaired) electrons. The average molecular weight is 395 g/mol. The van der Waals surface area contributed by atoms with Gasteiger partial charge in [0, 0.05) is 37.2 Å². The molecule has 1 atom stereocenters. The van der Waals surface area contributed by atoms with Crippen LogP contribution in [0.1, 0.15) is 58.9 Å². The molecule has 3 rings (SSSR count). The Morgan fingerprint density at radius 1 is 0.897 bits per heavy atom. The molecule has 1 N–H and O–H groups in total. The maximum absolute atomic E-state index is 13.0. The zero-order valence-electron chi connectivity index (χ0n) is 17.7. The summed E-state index contributed by atoms with van der Waals surface area (Å²) in [5.74, 6) is -2.09. The number of carbonyl (C=O) groups excluding carboxylic acids is 3. The maximum atomic E-state index is 13.0. The highest BCUT2D eigenvalue weighted by atomic mass is 16.3. The number of Topliss-reactive ketones (excluding diaryl/α,β-unsaturated/α-hetero) is 3. The summed E-state index contributed by atoms with van der Waals surface area (Å²) >= 11 is 0. The van der Waals surface area contributed by atoms with Crippen molar-refractivity contribution in [3.63, 3.8) is 0 Å². The summed E-state index contributed by atoms with van der Waals surface area (Å²) in [4.78, 5) is 39.0. The number of aliphatic hydroxyl groups is 1. The molecule has 0 saturated heterocycles. The first-order valence-corrected chi connectivity index (χ1v) is 10.2. The predicted molar refractivity (Wildman–Crippen MR) is 113 cm³/mol. The molecule has 0 heterocycles. The lowest BCUT2D eigenvalue weighted by Gasteiger charge is -2.37. The van der Waals surface area contributed by atoms with Crippen LogP contribution in [0.3, 0.4) is 0 Å². The van der Waals surface area contributed by atoms with Crippen LogP contribution in [-0.2, 0) is 14.4 Å². The predicted octanol–water partition coefficient (Wildman–Crippen LogP) is 5.09. The first-order valence-electron chi connectivity index (χ1n) is 10.2. The second kappa shape index (κ2) is 7.74. The van der Waals surface area contributed by atoms with Gasteiger partial charge in [0.25, 0.3) is 0 Å². The highest BCUT2D eigenvalue weighted by Gasteiger charge is 2.47. The van der Waals surface area contributed by atoms with Crippen LogP contribution in [-0.4, -0.2) is 22.5 Å². The van der Waals surface area contributed by atoms with Crippen molar-refractivity contribution in [2.45, 2.75) is 53.4 Å². The molecule has 0 spiro atoms. The summed E-state index contributed by atoms with van der Waals surface area (Å²) in [6.07, 6.45) is 4.85. The van der Waals surface area contributed by atoms with Crippen molar-refractivity contribution in [3.05, 3.63) is 53.3 Å². The van der Waals surface area contributed by atoms with Gasteiger partial charge in [0.1, 0.15) is 17.3 Å². The van der Waals surface area contributed by atoms with Gasteiger partial charge in [0.05, 0.1) is 5.92 Å². The summed E-state index contributed by atoms with van der Waals surface area (Å²) < 4.78 is 0. The molecular weight excluding hydrogens is 364 g/mol. The highest BCUT2D eigenvalue weighted by molar-refractivity contribution is 6.08. The first kappa shape index (κ1) is 21.2.